The highest BCUT2D eigenvalue weighted by atomic mass is 19.1. The standard InChI is InChI=1S/C13H11F2N3/c1-9(12-4-2-3-7-16-12)17-18-13-6-5-10(14)8-11(13)15/h2-8,18H,1H3/b17-9-. The molecule has 0 saturated heterocycles. The van der Waals surface area contributed by atoms with Crippen molar-refractivity contribution >= 4 is 11.4 Å². The lowest BCUT2D eigenvalue weighted by Gasteiger charge is -2.04. The van der Waals surface area contributed by atoms with Crippen molar-refractivity contribution in [1.82, 2.24) is 4.98 Å². The SMILES string of the molecule is C/C(=N/Nc1ccc(F)cc1F)c1ccccn1. The molecule has 0 spiro atoms. The summed E-state index contributed by atoms with van der Waals surface area (Å²) in [6.45, 7) is 1.75. The van der Waals surface area contributed by atoms with E-state index in [1.807, 2.05) is 6.07 Å². The first-order valence-corrected chi connectivity index (χ1v) is 5.33. The van der Waals surface area contributed by atoms with Crippen molar-refractivity contribution in [1.29, 1.82) is 0 Å². The summed E-state index contributed by atoms with van der Waals surface area (Å²) in [6, 6.07) is 8.68. The third-order valence-corrected chi connectivity index (χ3v) is 2.31. The molecule has 0 fully saturated rings. The molecule has 0 saturated carbocycles. The van der Waals surface area contributed by atoms with Crippen molar-refractivity contribution in [2.75, 3.05) is 5.43 Å². The van der Waals surface area contributed by atoms with Crippen LogP contribution in [-0.2, 0) is 0 Å². The minimum atomic E-state index is -0.687. The van der Waals surface area contributed by atoms with E-state index in [-0.39, 0.29) is 5.69 Å². The predicted octanol–water partition coefficient (Wildman–Crippen LogP) is 3.20. The Hall–Kier alpha value is -2.30. The van der Waals surface area contributed by atoms with Crippen molar-refractivity contribution in [3.8, 4) is 0 Å². The van der Waals surface area contributed by atoms with E-state index in [0.717, 1.165) is 12.1 Å². The van der Waals surface area contributed by atoms with E-state index in [9.17, 15) is 8.78 Å². The van der Waals surface area contributed by atoms with Gasteiger partial charge < -0.3 is 0 Å². The first kappa shape index (κ1) is 12.2. The molecule has 92 valence electrons. The van der Waals surface area contributed by atoms with Gasteiger partial charge in [-0.15, -0.1) is 0 Å². The van der Waals surface area contributed by atoms with Gasteiger partial charge in [-0.25, -0.2) is 8.78 Å². The number of pyridine rings is 1. The van der Waals surface area contributed by atoms with E-state index in [0.29, 0.717) is 11.4 Å². The highest BCUT2D eigenvalue weighted by molar-refractivity contribution is 5.97. The molecule has 2 aromatic rings. The van der Waals surface area contributed by atoms with Crippen LogP contribution in [-0.4, -0.2) is 10.7 Å². The summed E-state index contributed by atoms with van der Waals surface area (Å²) in [6.07, 6.45) is 1.65. The van der Waals surface area contributed by atoms with Gasteiger partial charge in [0.2, 0.25) is 0 Å². The number of hydrogen-bond acceptors (Lipinski definition) is 3. The van der Waals surface area contributed by atoms with Crippen LogP contribution >= 0.6 is 0 Å². The first-order chi connectivity index (χ1) is 8.66. The fraction of sp³-hybridized carbons (Fsp3) is 0.0769. The van der Waals surface area contributed by atoms with Crippen LogP contribution in [0.5, 0.6) is 0 Å². The van der Waals surface area contributed by atoms with Crippen LogP contribution in [0.3, 0.4) is 0 Å². The second kappa shape index (κ2) is 5.35. The maximum absolute atomic E-state index is 13.3. The zero-order valence-corrected chi connectivity index (χ0v) is 9.69. The molecule has 0 aliphatic carbocycles. The normalized spacial score (nSPS) is 11.4. The summed E-state index contributed by atoms with van der Waals surface area (Å²) in [5, 5.41) is 4.00. The first-order valence-electron chi connectivity index (χ1n) is 5.33. The summed E-state index contributed by atoms with van der Waals surface area (Å²) in [5.41, 5.74) is 3.96. The molecule has 1 N–H and O–H groups in total. The number of anilines is 1. The Labute approximate surface area is 103 Å². The lowest BCUT2D eigenvalue weighted by Crippen LogP contribution is -2.02. The number of rotatable bonds is 3. The molecule has 0 amide bonds. The summed E-state index contributed by atoms with van der Waals surface area (Å²) in [5.74, 6) is -1.31. The minimum Gasteiger partial charge on any atom is -0.275 e. The van der Waals surface area contributed by atoms with Crippen molar-refractivity contribution in [2.24, 2.45) is 5.10 Å². The molecule has 1 aromatic carbocycles. The second-order valence-electron chi connectivity index (χ2n) is 3.65. The quantitative estimate of drug-likeness (QED) is 0.668. The summed E-state index contributed by atoms with van der Waals surface area (Å²) >= 11 is 0. The number of nitrogens with zero attached hydrogens (tertiary/aromatic N) is 2. The van der Waals surface area contributed by atoms with Gasteiger partial charge in [-0.05, 0) is 31.2 Å². The molecule has 3 nitrogen and oxygen atoms in total. The fourth-order valence-corrected chi connectivity index (χ4v) is 1.36. The van der Waals surface area contributed by atoms with Crippen LogP contribution in [0.2, 0.25) is 0 Å². The van der Waals surface area contributed by atoms with E-state index in [2.05, 4.69) is 15.5 Å². The molecule has 5 heteroatoms. The van der Waals surface area contributed by atoms with Gasteiger partial charge in [0.1, 0.15) is 5.82 Å². The number of aromatic nitrogens is 1. The average Bonchev–Trinajstić information content (AvgIpc) is 2.38. The zero-order chi connectivity index (χ0) is 13.0. The topological polar surface area (TPSA) is 37.3 Å². The van der Waals surface area contributed by atoms with Gasteiger partial charge >= 0.3 is 0 Å². The fourth-order valence-electron chi connectivity index (χ4n) is 1.36. The molecule has 18 heavy (non-hydrogen) atoms. The van der Waals surface area contributed by atoms with Gasteiger partial charge in [-0.2, -0.15) is 5.10 Å². The van der Waals surface area contributed by atoms with E-state index in [1.54, 1.807) is 25.3 Å². The number of halogens is 2. The molecule has 0 radical (unpaired) electrons. The Morgan fingerprint density at radius 1 is 1.22 bits per heavy atom. The smallest absolute Gasteiger partial charge is 0.151 e. The Kier molecular flexibility index (Phi) is 3.62. The maximum Gasteiger partial charge on any atom is 0.151 e. The van der Waals surface area contributed by atoms with Crippen LogP contribution < -0.4 is 5.43 Å². The van der Waals surface area contributed by atoms with E-state index in [1.165, 1.54) is 6.07 Å². The number of benzene rings is 1. The minimum absolute atomic E-state index is 0.117. The monoisotopic (exact) mass is 247 g/mol. The summed E-state index contributed by atoms with van der Waals surface area (Å²) < 4.78 is 26.0. The van der Waals surface area contributed by atoms with Gasteiger partial charge in [0, 0.05) is 12.3 Å². The van der Waals surface area contributed by atoms with Crippen molar-refractivity contribution in [3.63, 3.8) is 0 Å². The summed E-state index contributed by atoms with van der Waals surface area (Å²) in [7, 11) is 0. The molecule has 2 rings (SSSR count). The van der Waals surface area contributed by atoms with Gasteiger partial charge in [0.15, 0.2) is 5.82 Å². The lowest BCUT2D eigenvalue weighted by atomic mass is 10.2. The highest BCUT2D eigenvalue weighted by Crippen LogP contribution is 2.14. The Bertz CT molecular complexity index is 568. The Morgan fingerprint density at radius 3 is 2.72 bits per heavy atom. The largest absolute Gasteiger partial charge is 0.275 e. The van der Waals surface area contributed by atoms with Crippen LogP contribution in [0.4, 0.5) is 14.5 Å². The van der Waals surface area contributed by atoms with Crippen LogP contribution in [0, 0.1) is 11.6 Å². The second-order valence-corrected chi connectivity index (χ2v) is 3.65. The van der Waals surface area contributed by atoms with E-state index < -0.39 is 11.6 Å². The molecule has 0 unspecified atom stereocenters. The van der Waals surface area contributed by atoms with Crippen LogP contribution in [0.25, 0.3) is 0 Å². The number of hydrazone groups is 1. The van der Waals surface area contributed by atoms with E-state index >= 15 is 0 Å². The van der Waals surface area contributed by atoms with Crippen molar-refractivity contribution in [3.05, 3.63) is 59.9 Å². The van der Waals surface area contributed by atoms with Crippen molar-refractivity contribution in [2.45, 2.75) is 6.92 Å². The molecule has 1 aromatic heterocycles. The molecule has 0 aliphatic rings. The highest BCUT2D eigenvalue weighted by Gasteiger charge is 2.03. The molecular formula is C13H11F2N3. The third kappa shape index (κ3) is 2.88. The van der Waals surface area contributed by atoms with Gasteiger partial charge in [-0.1, -0.05) is 6.07 Å². The lowest BCUT2D eigenvalue weighted by molar-refractivity contribution is 0.585. The predicted molar refractivity (Wildman–Crippen MR) is 66.4 cm³/mol. The van der Waals surface area contributed by atoms with Gasteiger partial charge in [0.25, 0.3) is 0 Å². The average molecular weight is 247 g/mol. The van der Waals surface area contributed by atoms with Crippen molar-refractivity contribution < 1.29 is 8.78 Å². The number of hydrogen-bond donors (Lipinski definition) is 1. The third-order valence-electron chi connectivity index (χ3n) is 2.31. The molecular weight excluding hydrogens is 236 g/mol. The van der Waals surface area contributed by atoms with Crippen LogP contribution in [0.15, 0.2) is 47.7 Å². The van der Waals surface area contributed by atoms with E-state index in [4.69, 9.17) is 0 Å². The Morgan fingerprint density at radius 2 is 2.06 bits per heavy atom. The maximum atomic E-state index is 13.3. The Balaban J connectivity index is 2.15. The molecule has 0 aliphatic heterocycles. The zero-order valence-electron chi connectivity index (χ0n) is 9.69. The molecule has 0 atom stereocenters. The van der Waals surface area contributed by atoms with Gasteiger partial charge in [-0.3, -0.25) is 10.4 Å². The number of nitrogens with one attached hydrogen (secondary N) is 1. The molecule has 1 heterocycles. The summed E-state index contributed by atoms with van der Waals surface area (Å²) in [4.78, 5) is 4.10. The van der Waals surface area contributed by atoms with Crippen LogP contribution in [0.1, 0.15) is 12.6 Å². The van der Waals surface area contributed by atoms with Gasteiger partial charge in [0.05, 0.1) is 17.1 Å². The molecule has 0 bridgehead atoms.